The molecule has 61 heavy (non-hydrogen) atoms. The van der Waals surface area contributed by atoms with Gasteiger partial charge in [-0.15, -0.1) is 0 Å². The van der Waals surface area contributed by atoms with Crippen LogP contribution in [0.2, 0.25) is 0 Å². The van der Waals surface area contributed by atoms with Crippen LogP contribution in [0.5, 0.6) is 0 Å². The monoisotopic (exact) mass is 824 g/mol. The van der Waals surface area contributed by atoms with E-state index in [9.17, 15) is 24.0 Å². The van der Waals surface area contributed by atoms with Gasteiger partial charge in [0.25, 0.3) is 0 Å². The lowest BCUT2D eigenvalue weighted by Crippen LogP contribution is -2.60. The van der Waals surface area contributed by atoms with Crippen LogP contribution in [0.15, 0.2) is 122 Å². The van der Waals surface area contributed by atoms with E-state index in [0.717, 1.165) is 44.1 Å². The van der Waals surface area contributed by atoms with Gasteiger partial charge in [0.05, 0.1) is 6.04 Å². The van der Waals surface area contributed by atoms with Crippen LogP contribution in [0.1, 0.15) is 42.5 Å². The Kier molecular flexibility index (Phi) is 14.7. The molecule has 6 rings (SSSR count). The Hall–Kier alpha value is -6.73. The van der Waals surface area contributed by atoms with Crippen LogP contribution in [-0.4, -0.2) is 76.3 Å². The summed E-state index contributed by atoms with van der Waals surface area (Å²) in [7, 11) is 3.60. The summed E-state index contributed by atoms with van der Waals surface area (Å²) in [6, 6.07) is 29.2. The van der Waals surface area contributed by atoms with Gasteiger partial charge in [0.15, 0.2) is 0 Å². The number of carbonyl (C=O) groups excluding carboxylic acids is 5. The smallest absolute Gasteiger partial charge is 0.243 e. The Bertz CT molecular complexity index is 2440. The Morgan fingerprint density at radius 1 is 0.574 bits per heavy atom. The predicted octanol–water partition coefficient (Wildman–Crippen LogP) is 3.99. The first kappa shape index (κ1) is 43.8. The third kappa shape index (κ3) is 11.5. The Labute approximate surface area is 356 Å². The van der Waals surface area contributed by atoms with E-state index < -0.39 is 53.8 Å². The summed E-state index contributed by atoms with van der Waals surface area (Å²) in [5, 5.41) is 16.6. The number of nitrogens with two attached hydrogens (primary N) is 1. The lowest BCUT2D eigenvalue weighted by molar-refractivity contribution is -0.134. The molecule has 0 fully saturated rings. The topological polar surface area (TPSA) is 192 Å². The van der Waals surface area contributed by atoms with Gasteiger partial charge < -0.3 is 41.9 Å². The molecule has 0 bridgehead atoms. The molecule has 318 valence electrons. The van der Waals surface area contributed by atoms with E-state index in [2.05, 4.69) is 31.6 Å². The highest BCUT2D eigenvalue weighted by atomic mass is 16.2. The quantitative estimate of drug-likeness (QED) is 0.0609. The fraction of sp³-hybridized carbons (Fsp3) is 0.312. The maximum atomic E-state index is 14.6. The summed E-state index contributed by atoms with van der Waals surface area (Å²) >= 11 is 0. The largest absolute Gasteiger partial charge is 0.368 e. The van der Waals surface area contributed by atoms with Crippen molar-refractivity contribution in [1.29, 1.82) is 0 Å². The zero-order chi connectivity index (χ0) is 43.5. The lowest BCUT2D eigenvalue weighted by atomic mass is 9.99. The molecule has 2 heterocycles. The average molecular weight is 825 g/mol. The molecule has 5 atom stereocenters. The van der Waals surface area contributed by atoms with Crippen LogP contribution >= 0.6 is 0 Å². The van der Waals surface area contributed by atoms with E-state index in [-0.39, 0.29) is 31.1 Å². The van der Waals surface area contributed by atoms with E-state index in [1.54, 1.807) is 7.05 Å². The number of rotatable bonds is 20. The molecule has 0 unspecified atom stereocenters. The molecule has 0 radical (unpaired) electrons. The van der Waals surface area contributed by atoms with Crippen molar-refractivity contribution in [1.82, 2.24) is 36.1 Å². The molecular weight excluding hydrogens is 769 g/mol. The molecule has 4 aromatic carbocycles. The lowest BCUT2D eigenvalue weighted by Gasteiger charge is -2.27. The molecule has 2 aromatic heterocycles. The molecule has 0 saturated heterocycles. The molecule has 5 amide bonds. The summed E-state index contributed by atoms with van der Waals surface area (Å²) < 4.78 is 1.95. The summed E-state index contributed by atoms with van der Waals surface area (Å²) in [5.41, 5.74) is 10.9. The fourth-order valence-corrected chi connectivity index (χ4v) is 7.79. The number of benzene rings is 4. The van der Waals surface area contributed by atoms with Crippen molar-refractivity contribution < 1.29 is 24.0 Å². The number of aromatic nitrogens is 2. The number of para-hydroxylation sites is 2. The first-order valence-electron chi connectivity index (χ1n) is 20.7. The number of primary amides is 1. The van der Waals surface area contributed by atoms with Crippen molar-refractivity contribution >= 4 is 51.3 Å². The molecule has 13 heteroatoms. The van der Waals surface area contributed by atoms with E-state index in [1.165, 1.54) is 0 Å². The average Bonchev–Trinajstić information content (AvgIpc) is 3.81. The van der Waals surface area contributed by atoms with Gasteiger partial charge in [-0.3, -0.25) is 24.0 Å². The highest BCUT2D eigenvalue weighted by Gasteiger charge is 2.33. The minimum atomic E-state index is -1.17. The van der Waals surface area contributed by atoms with Crippen molar-refractivity contribution in [2.45, 2.75) is 76.2 Å². The fourth-order valence-electron chi connectivity index (χ4n) is 7.79. The molecule has 0 saturated carbocycles. The van der Waals surface area contributed by atoms with Crippen molar-refractivity contribution in [2.75, 3.05) is 7.05 Å². The molecule has 8 N–H and O–H groups in total. The van der Waals surface area contributed by atoms with E-state index >= 15 is 0 Å². The van der Waals surface area contributed by atoms with Crippen molar-refractivity contribution in [3.8, 4) is 0 Å². The van der Waals surface area contributed by atoms with Gasteiger partial charge in [0, 0.05) is 60.5 Å². The van der Waals surface area contributed by atoms with E-state index in [0.29, 0.717) is 12.8 Å². The zero-order valence-corrected chi connectivity index (χ0v) is 35.1. The summed E-state index contributed by atoms with van der Waals surface area (Å²) in [6.07, 6.45) is 4.72. The number of nitrogens with zero attached hydrogens (tertiary/aromatic N) is 1. The molecular formula is C48H56N8O5. The number of hydrogen-bond donors (Lipinski definition) is 7. The molecule has 6 aromatic rings. The highest BCUT2D eigenvalue weighted by Crippen LogP contribution is 2.23. The van der Waals surface area contributed by atoms with Crippen LogP contribution in [-0.2, 0) is 56.7 Å². The van der Waals surface area contributed by atoms with Crippen molar-refractivity contribution in [3.63, 3.8) is 0 Å². The Morgan fingerprint density at radius 3 is 1.59 bits per heavy atom. The Morgan fingerprint density at radius 2 is 1.03 bits per heavy atom. The van der Waals surface area contributed by atoms with Crippen LogP contribution in [0, 0.1) is 5.92 Å². The summed E-state index contributed by atoms with van der Waals surface area (Å²) in [5.74, 6) is -2.80. The molecule has 0 spiro atoms. The normalized spacial score (nSPS) is 13.9. The number of fused-ring (bicyclic) bond motifs is 2. The minimum absolute atomic E-state index is 0.0498. The number of likely N-dealkylation sites (N-methyl/N-ethyl adjacent to an activating group) is 1. The second kappa shape index (κ2) is 20.5. The number of nitrogens with one attached hydrogen (secondary N) is 6. The number of amides is 5. The van der Waals surface area contributed by atoms with Gasteiger partial charge in [-0.05, 0) is 60.2 Å². The van der Waals surface area contributed by atoms with Gasteiger partial charge in [0.1, 0.15) is 24.2 Å². The van der Waals surface area contributed by atoms with Gasteiger partial charge >= 0.3 is 0 Å². The van der Waals surface area contributed by atoms with E-state index in [1.807, 2.05) is 147 Å². The van der Waals surface area contributed by atoms with Gasteiger partial charge in [-0.1, -0.05) is 111 Å². The zero-order valence-electron chi connectivity index (χ0n) is 35.1. The molecule has 0 aliphatic carbocycles. The second-order valence-corrected chi connectivity index (χ2v) is 16.0. The van der Waals surface area contributed by atoms with Crippen molar-refractivity contribution in [3.05, 3.63) is 144 Å². The van der Waals surface area contributed by atoms with Gasteiger partial charge in [0.2, 0.25) is 29.5 Å². The molecule has 13 nitrogen and oxygen atoms in total. The molecule has 0 aliphatic heterocycles. The van der Waals surface area contributed by atoms with Crippen LogP contribution in [0.3, 0.4) is 0 Å². The van der Waals surface area contributed by atoms with Gasteiger partial charge in [-0.2, -0.15) is 0 Å². The number of carbonyl (C=O) groups is 5. The highest BCUT2D eigenvalue weighted by molar-refractivity contribution is 5.97. The van der Waals surface area contributed by atoms with E-state index in [4.69, 9.17) is 5.73 Å². The SMILES string of the molecule is CN[C@H](Cc1ccccc1)C(=O)N[C@H](Cc1c[nH]c2ccccc12)C(=O)N[C@@H](Cc1ccccc1)C(=O)N[C@H](Cc1cn(C)c2ccccc12)C(=O)N[C@@H](CC(C)C)C(N)=O. The standard InChI is InChI=1S/C48H56N8O5/c1-30(2)23-38(44(49)57)52-47(60)42(27-34-29-56(4)43-22-14-12-20-36(34)43)55-46(59)40(25-32-17-9-6-10-18-32)53-48(61)41(26-33-28-51-37-21-13-11-19-35(33)37)54-45(58)39(50-3)24-31-15-7-5-8-16-31/h5-22,28-30,38-42,50-51H,23-27H2,1-4H3,(H2,49,57)(H,52,60)(H,53,61)(H,54,58)(H,55,59)/t38-,39+,40-,41+,42+/m0/s1. The third-order valence-electron chi connectivity index (χ3n) is 11.0. The summed E-state index contributed by atoms with van der Waals surface area (Å²) in [6.45, 7) is 3.84. The number of hydrogen-bond acceptors (Lipinski definition) is 6. The first-order chi connectivity index (χ1) is 29.4. The number of aryl methyl sites for hydroxylation is 1. The minimum Gasteiger partial charge on any atom is -0.368 e. The second-order valence-electron chi connectivity index (χ2n) is 16.0. The maximum Gasteiger partial charge on any atom is 0.243 e. The van der Waals surface area contributed by atoms with Crippen molar-refractivity contribution in [2.24, 2.45) is 18.7 Å². The number of aromatic amines is 1. The van der Waals surface area contributed by atoms with Crippen LogP contribution < -0.4 is 32.3 Å². The molecule has 0 aliphatic rings. The van der Waals surface area contributed by atoms with Gasteiger partial charge in [-0.25, -0.2) is 0 Å². The van der Waals surface area contributed by atoms with Crippen LogP contribution in [0.4, 0.5) is 0 Å². The number of H-pyrrole nitrogens is 1. The van der Waals surface area contributed by atoms with Crippen LogP contribution in [0.25, 0.3) is 21.8 Å². The summed E-state index contributed by atoms with van der Waals surface area (Å²) in [4.78, 5) is 73.2. The maximum absolute atomic E-state index is 14.6. The first-order valence-corrected chi connectivity index (χ1v) is 20.7. The predicted molar refractivity (Wildman–Crippen MR) is 238 cm³/mol. The Balaban J connectivity index is 1.31. The third-order valence-corrected chi connectivity index (χ3v) is 11.0.